The topological polar surface area (TPSA) is 80.3 Å². The zero-order valence-electron chi connectivity index (χ0n) is 13.5. The van der Waals surface area contributed by atoms with E-state index in [1.54, 1.807) is 0 Å². The number of hydrogen-bond acceptors (Lipinski definition) is 4. The summed E-state index contributed by atoms with van der Waals surface area (Å²) in [6.45, 7) is 1.16. The Kier molecular flexibility index (Phi) is 5.91. The molecule has 2 rings (SSSR count). The van der Waals surface area contributed by atoms with Gasteiger partial charge in [0.05, 0.1) is 4.90 Å². The van der Waals surface area contributed by atoms with Crippen molar-refractivity contribution < 1.29 is 34.4 Å². The lowest BCUT2D eigenvalue weighted by atomic mass is 10.1. The largest absolute Gasteiger partial charge is 0.511 e. The van der Waals surface area contributed by atoms with E-state index in [1.165, 1.54) is 10.8 Å². The molecule has 0 spiro atoms. The van der Waals surface area contributed by atoms with Crippen LogP contribution in [0.25, 0.3) is 0 Å². The third-order valence-corrected chi connectivity index (χ3v) is 6.82. The maximum Gasteiger partial charge on any atom is 0.511 e. The minimum Gasteiger partial charge on any atom is -0.218 e. The minimum atomic E-state index is -5.57. The highest BCUT2D eigenvalue weighted by atomic mass is 35.5. The summed E-state index contributed by atoms with van der Waals surface area (Å²) in [6, 6.07) is 6.07. The smallest absolute Gasteiger partial charge is 0.218 e. The fraction of sp³-hybridized carbons (Fsp3) is 0.200. The van der Waals surface area contributed by atoms with Gasteiger partial charge in [-0.05, 0) is 42.8 Å². The van der Waals surface area contributed by atoms with Gasteiger partial charge in [-0.2, -0.15) is 13.2 Å². The molecular weight excluding hydrogens is 434 g/mol. The van der Waals surface area contributed by atoms with Crippen LogP contribution < -0.4 is 4.72 Å². The Morgan fingerprint density at radius 1 is 1.00 bits per heavy atom. The SMILES string of the molecule is C[C@H](NS(=O)(=O)C(F)(F)F)c1ccc(S(=O)(=O)c2ccc(Cl)cc2F)cc1. The van der Waals surface area contributed by atoms with Crippen LogP contribution in [0.15, 0.2) is 52.3 Å². The lowest BCUT2D eigenvalue weighted by molar-refractivity contribution is -0.0450. The van der Waals surface area contributed by atoms with Gasteiger partial charge in [0.2, 0.25) is 9.84 Å². The van der Waals surface area contributed by atoms with E-state index < -0.39 is 42.1 Å². The van der Waals surface area contributed by atoms with Crippen molar-refractivity contribution in [3.05, 3.63) is 58.9 Å². The van der Waals surface area contributed by atoms with E-state index in [2.05, 4.69) is 0 Å². The van der Waals surface area contributed by atoms with E-state index in [1.807, 2.05) is 0 Å². The first-order chi connectivity index (χ1) is 12.3. The van der Waals surface area contributed by atoms with Gasteiger partial charge in [-0.15, -0.1) is 0 Å². The molecule has 0 aliphatic rings. The number of hydrogen-bond donors (Lipinski definition) is 1. The summed E-state index contributed by atoms with van der Waals surface area (Å²) < 4.78 is 99.7. The fourth-order valence-electron chi connectivity index (χ4n) is 2.12. The summed E-state index contributed by atoms with van der Waals surface area (Å²) in [5.74, 6) is -1.06. The zero-order valence-corrected chi connectivity index (χ0v) is 15.8. The number of sulfone groups is 1. The summed E-state index contributed by atoms with van der Waals surface area (Å²) >= 11 is 5.58. The third-order valence-electron chi connectivity index (χ3n) is 3.51. The summed E-state index contributed by atoms with van der Waals surface area (Å²) in [6.07, 6.45) is 0. The molecule has 27 heavy (non-hydrogen) atoms. The Morgan fingerprint density at radius 3 is 2.04 bits per heavy atom. The van der Waals surface area contributed by atoms with Crippen LogP contribution in [0.3, 0.4) is 0 Å². The first-order valence-electron chi connectivity index (χ1n) is 7.14. The van der Waals surface area contributed by atoms with Gasteiger partial charge in [0.25, 0.3) is 0 Å². The average molecular weight is 446 g/mol. The predicted molar refractivity (Wildman–Crippen MR) is 89.8 cm³/mol. The van der Waals surface area contributed by atoms with Gasteiger partial charge < -0.3 is 0 Å². The summed E-state index contributed by atoms with van der Waals surface area (Å²) in [4.78, 5) is -0.941. The standard InChI is InChI=1S/C15H12ClF4NO4S2/c1-9(21-27(24,25)15(18,19)20)10-2-5-12(6-3-10)26(22,23)14-7-4-11(16)8-13(14)17/h2-9,21H,1H3/t9-/m0/s1. The molecule has 0 heterocycles. The highest BCUT2D eigenvalue weighted by molar-refractivity contribution is 7.91. The van der Waals surface area contributed by atoms with Crippen molar-refractivity contribution in [3.8, 4) is 0 Å². The van der Waals surface area contributed by atoms with Crippen LogP contribution in [-0.4, -0.2) is 22.3 Å². The molecule has 1 atom stereocenters. The number of halogens is 5. The van der Waals surface area contributed by atoms with Crippen LogP contribution >= 0.6 is 11.6 Å². The van der Waals surface area contributed by atoms with E-state index in [0.717, 1.165) is 43.3 Å². The molecule has 0 aliphatic heterocycles. The second-order valence-corrected chi connectivity index (χ2v) is 9.50. The molecule has 2 aromatic rings. The molecule has 0 saturated heterocycles. The van der Waals surface area contributed by atoms with Crippen molar-refractivity contribution in [3.63, 3.8) is 0 Å². The molecule has 12 heteroatoms. The number of benzene rings is 2. The number of nitrogens with one attached hydrogen (secondary N) is 1. The Morgan fingerprint density at radius 2 is 1.56 bits per heavy atom. The molecule has 1 N–H and O–H groups in total. The molecular formula is C15H12ClF4NO4S2. The molecule has 0 unspecified atom stereocenters. The van der Waals surface area contributed by atoms with Crippen molar-refractivity contribution in [2.24, 2.45) is 0 Å². The van der Waals surface area contributed by atoms with E-state index in [0.29, 0.717) is 0 Å². The Bertz CT molecular complexity index is 1050. The van der Waals surface area contributed by atoms with Crippen LogP contribution in [0.1, 0.15) is 18.5 Å². The molecule has 2 aromatic carbocycles. The molecule has 0 bridgehead atoms. The lowest BCUT2D eigenvalue weighted by Crippen LogP contribution is -2.37. The molecule has 5 nitrogen and oxygen atoms in total. The molecule has 0 saturated carbocycles. The molecule has 0 amide bonds. The van der Waals surface area contributed by atoms with Crippen LogP contribution in [-0.2, 0) is 19.9 Å². The normalized spacial score (nSPS) is 14.1. The van der Waals surface area contributed by atoms with Gasteiger partial charge in [0.15, 0.2) is 0 Å². The second-order valence-electron chi connectivity index (χ2n) is 5.44. The number of sulfonamides is 1. The van der Waals surface area contributed by atoms with E-state index in [9.17, 15) is 34.4 Å². The van der Waals surface area contributed by atoms with Crippen molar-refractivity contribution in [1.29, 1.82) is 0 Å². The Labute approximate surface area is 157 Å². The monoisotopic (exact) mass is 445 g/mol. The van der Waals surface area contributed by atoms with Crippen LogP contribution in [0, 0.1) is 5.82 Å². The van der Waals surface area contributed by atoms with Gasteiger partial charge in [-0.1, -0.05) is 23.7 Å². The maximum atomic E-state index is 13.9. The van der Waals surface area contributed by atoms with Crippen molar-refractivity contribution in [1.82, 2.24) is 4.72 Å². The van der Waals surface area contributed by atoms with Crippen LogP contribution in [0.4, 0.5) is 17.6 Å². The minimum absolute atomic E-state index is 0.00701. The first-order valence-corrected chi connectivity index (χ1v) is 10.5. The average Bonchev–Trinajstić information content (AvgIpc) is 2.53. The van der Waals surface area contributed by atoms with Gasteiger partial charge in [-0.3, -0.25) is 0 Å². The maximum absolute atomic E-state index is 13.9. The number of alkyl halides is 3. The molecule has 0 radical (unpaired) electrons. The zero-order chi connectivity index (χ0) is 20.6. The summed E-state index contributed by atoms with van der Waals surface area (Å²) in [5, 5.41) is 0.00701. The van der Waals surface area contributed by atoms with Gasteiger partial charge >= 0.3 is 15.5 Å². The van der Waals surface area contributed by atoms with Crippen LogP contribution in [0.5, 0.6) is 0 Å². The number of rotatable bonds is 5. The molecule has 0 aromatic heterocycles. The highest BCUT2D eigenvalue weighted by Gasteiger charge is 2.46. The highest BCUT2D eigenvalue weighted by Crippen LogP contribution is 2.28. The summed E-state index contributed by atoms with van der Waals surface area (Å²) in [5.41, 5.74) is -5.39. The summed E-state index contributed by atoms with van der Waals surface area (Å²) in [7, 11) is -9.81. The van der Waals surface area contributed by atoms with Gasteiger partial charge in [0.1, 0.15) is 10.7 Å². The van der Waals surface area contributed by atoms with Gasteiger partial charge in [-0.25, -0.2) is 25.9 Å². The third kappa shape index (κ3) is 4.60. The second kappa shape index (κ2) is 7.38. The first kappa shape index (κ1) is 21.6. The molecule has 0 aliphatic carbocycles. The van der Waals surface area contributed by atoms with Crippen molar-refractivity contribution in [2.45, 2.75) is 28.3 Å². The Balaban J connectivity index is 2.32. The Hall–Kier alpha value is -1.69. The lowest BCUT2D eigenvalue weighted by Gasteiger charge is -2.16. The molecule has 148 valence electrons. The molecule has 0 fully saturated rings. The quantitative estimate of drug-likeness (QED) is 0.710. The van der Waals surface area contributed by atoms with Crippen molar-refractivity contribution in [2.75, 3.05) is 0 Å². The van der Waals surface area contributed by atoms with Gasteiger partial charge in [0, 0.05) is 11.1 Å². The van der Waals surface area contributed by atoms with E-state index in [-0.39, 0.29) is 15.5 Å². The van der Waals surface area contributed by atoms with E-state index >= 15 is 0 Å². The predicted octanol–water partition coefficient (Wildman–Crippen LogP) is 3.81. The van der Waals surface area contributed by atoms with Crippen LogP contribution in [0.2, 0.25) is 5.02 Å². The van der Waals surface area contributed by atoms with E-state index in [4.69, 9.17) is 11.6 Å². The van der Waals surface area contributed by atoms with Crippen molar-refractivity contribution >= 4 is 31.5 Å². The fourth-order valence-corrected chi connectivity index (χ4v) is 4.33.